The number of benzene rings is 1. The fourth-order valence-corrected chi connectivity index (χ4v) is 5.91. The van der Waals surface area contributed by atoms with Crippen LogP contribution < -0.4 is 0 Å². The first-order chi connectivity index (χ1) is 19.2. The fraction of sp³-hybridized carbons (Fsp3) is 0.357. The van der Waals surface area contributed by atoms with Crippen LogP contribution in [0.1, 0.15) is 35.2 Å². The zero-order valence-electron chi connectivity index (χ0n) is 21.3. The molecule has 0 unspecified atom stereocenters. The first-order valence-electron chi connectivity index (χ1n) is 12.9. The Bertz CT molecular complexity index is 1600. The molecule has 0 spiro atoms. The summed E-state index contributed by atoms with van der Waals surface area (Å²) >= 11 is 0. The summed E-state index contributed by atoms with van der Waals surface area (Å²) in [6.45, 7) is 2.04. The SMILES string of the molecule is N#CCC1(n2ccc(-c3ncnc4[nH]ccc34)c2)CN(C2CCN(C(=O)c3cc(F)cc(C(F)(F)F)c3)CC2)C1. The van der Waals surface area contributed by atoms with Gasteiger partial charge in [0.15, 0.2) is 0 Å². The van der Waals surface area contributed by atoms with E-state index in [9.17, 15) is 27.6 Å². The first kappa shape index (κ1) is 26.0. The third-order valence-corrected chi connectivity index (χ3v) is 8.01. The highest BCUT2D eigenvalue weighted by Gasteiger charge is 2.47. The number of carbonyl (C=O) groups is 1. The number of hydrogen-bond donors (Lipinski definition) is 1. The molecule has 6 rings (SSSR count). The Morgan fingerprint density at radius 1 is 1.15 bits per heavy atom. The summed E-state index contributed by atoms with van der Waals surface area (Å²) in [4.78, 5) is 28.4. The van der Waals surface area contributed by atoms with Gasteiger partial charge >= 0.3 is 6.18 Å². The molecule has 2 fully saturated rings. The molecule has 0 aliphatic carbocycles. The lowest BCUT2D eigenvalue weighted by atomic mass is 9.83. The molecule has 0 saturated carbocycles. The van der Waals surface area contributed by atoms with Crippen molar-refractivity contribution in [2.75, 3.05) is 26.2 Å². The smallest absolute Gasteiger partial charge is 0.346 e. The van der Waals surface area contributed by atoms with E-state index in [1.165, 1.54) is 11.2 Å². The van der Waals surface area contributed by atoms with Crippen molar-refractivity contribution in [1.82, 2.24) is 29.3 Å². The van der Waals surface area contributed by atoms with Gasteiger partial charge in [0.1, 0.15) is 17.8 Å². The largest absolute Gasteiger partial charge is 0.416 e. The summed E-state index contributed by atoms with van der Waals surface area (Å²) in [5.41, 5.74) is 0.631. The van der Waals surface area contributed by atoms with Crippen molar-refractivity contribution in [1.29, 1.82) is 5.26 Å². The van der Waals surface area contributed by atoms with Crippen LogP contribution in [0.5, 0.6) is 0 Å². The molecule has 3 aromatic heterocycles. The standard InChI is InChI=1S/C28H25F4N7O/c29-21-12-19(11-20(13-21)28(30,31)32)26(40)37-8-3-22(4-9-37)38-15-27(16-38,5-6-33)39-10-2-18(14-39)24-23-1-7-34-25(23)36-17-35-24/h1-2,7,10-14,17,22H,3-5,8-9,15-16H2,(H,34,35,36). The van der Waals surface area contributed by atoms with Gasteiger partial charge in [0.05, 0.1) is 29.3 Å². The van der Waals surface area contributed by atoms with E-state index < -0.39 is 23.5 Å². The fourth-order valence-electron chi connectivity index (χ4n) is 5.91. The number of aromatic nitrogens is 4. The van der Waals surface area contributed by atoms with Crippen LogP contribution in [-0.4, -0.2) is 67.4 Å². The van der Waals surface area contributed by atoms with Crippen LogP contribution in [0, 0.1) is 17.1 Å². The highest BCUT2D eigenvalue weighted by molar-refractivity contribution is 5.94. The number of piperidine rings is 1. The number of amides is 1. The Morgan fingerprint density at radius 2 is 1.93 bits per heavy atom. The summed E-state index contributed by atoms with van der Waals surface area (Å²) in [6, 6.07) is 8.36. The summed E-state index contributed by atoms with van der Waals surface area (Å²) < 4.78 is 55.2. The molecule has 0 bridgehead atoms. The molecule has 0 atom stereocenters. The van der Waals surface area contributed by atoms with Crippen LogP contribution in [0.3, 0.4) is 0 Å². The summed E-state index contributed by atoms with van der Waals surface area (Å²) in [5, 5.41) is 10.5. The molecule has 8 nitrogen and oxygen atoms in total. The minimum Gasteiger partial charge on any atom is -0.346 e. The Kier molecular flexibility index (Phi) is 6.34. The van der Waals surface area contributed by atoms with E-state index in [0.29, 0.717) is 57.6 Å². The van der Waals surface area contributed by atoms with E-state index in [0.717, 1.165) is 28.4 Å². The number of nitrogens with zero attached hydrogens (tertiary/aromatic N) is 6. The molecule has 1 aromatic carbocycles. The Morgan fingerprint density at radius 3 is 2.65 bits per heavy atom. The number of halogens is 4. The van der Waals surface area contributed by atoms with E-state index in [1.807, 2.05) is 30.7 Å². The van der Waals surface area contributed by atoms with Gasteiger partial charge in [-0.15, -0.1) is 0 Å². The predicted molar refractivity (Wildman–Crippen MR) is 137 cm³/mol. The maximum absolute atomic E-state index is 13.8. The molecule has 2 aliphatic rings. The average molecular weight is 552 g/mol. The van der Waals surface area contributed by atoms with E-state index in [2.05, 4.69) is 30.5 Å². The van der Waals surface area contributed by atoms with Gasteiger partial charge in [0, 0.05) is 67.3 Å². The number of alkyl halides is 3. The number of fused-ring (bicyclic) bond motifs is 1. The molecule has 2 aliphatic heterocycles. The van der Waals surface area contributed by atoms with Crippen LogP contribution in [0.4, 0.5) is 17.6 Å². The van der Waals surface area contributed by atoms with Gasteiger partial charge < -0.3 is 14.5 Å². The normalized spacial score (nSPS) is 18.0. The zero-order valence-corrected chi connectivity index (χ0v) is 21.3. The Hall–Kier alpha value is -4.24. The average Bonchev–Trinajstić information content (AvgIpc) is 3.60. The molecular formula is C28H25F4N7O. The van der Waals surface area contributed by atoms with Crippen molar-refractivity contribution in [3.63, 3.8) is 0 Å². The zero-order chi connectivity index (χ0) is 28.1. The highest BCUT2D eigenvalue weighted by Crippen LogP contribution is 2.38. The first-order valence-corrected chi connectivity index (χ1v) is 12.9. The summed E-state index contributed by atoms with van der Waals surface area (Å²) in [6.07, 6.45) is 4.19. The number of H-pyrrole nitrogens is 1. The van der Waals surface area contributed by atoms with Gasteiger partial charge in [-0.1, -0.05) is 0 Å². The minimum atomic E-state index is -4.73. The Labute approximate surface area is 226 Å². The molecular weight excluding hydrogens is 526 g/mol. The molecule has 40 heavy (non-hydrogen) atoms. The predicted octanol–water partition coefficient (Wildman–Crippen LogP) is 4.81. The van der Waals surface area contributed by atoms with Gasteiger partial charge in [-0.25, -0.2) is 14.4 Å². The van der Waals surface area contributed by atoms with Crippen LogP contribution in [0.25, 0.3) is 22.3 Å². The van der Waals surface area contributed by atoms with Crippen molar-refractivity contribution in [3.8, 4) is 17.3 Å². The van der Waals surface area contributed by atoms with Crippen LogP contribution in [0.15, 0.2) is 55.2 Å². The van der Waals surface area contributed by atoms with Crippen LogP contribution >= 0.6 is 0 Å². The molecule has 4 aromatic rings. The van der Waals surface area contributed by atoms with Gasteiger partial charge in [0.25, 0.3) is 5.91 Å². The molecule has 1 amide bonds. The van der Waals surface area contributed by atoms with Gasteiger partial charge in [0.2, 0.25) is 0 Å². The number of likely N-dealkylation sites (tertiary alicyclic amines) is 2. The Balaban J connectivity index is 1.11. The van der Waals surface area contributed by atoms with E-state index in [4.69, 9.17) is 0 Å². The lowest BCUT2D eigenvalue weighted by Crippen LogP contribution is -2.66. The van der Waals surface area contributed by atoms with Crippen LogP contribution in [-0.2, 0) is 11.7 Å². The second-order valence-corrected chi connectivity index (χ2v) is 10.5. The molecule has 5 heterocycles. The summed E-state index contributed by atoms with van der Waals surface area (Å²) in [5.74, 6) is -1.69. The van der Waals surface area contributed by atoms with Gasteiger partial charge in [-0.3, -0.25) is 9.69 Å². The number of nitriles is 1. The van der Waals surface area contributed by atoms with E-state index in [-0.39, 0.29) is 17.1 Å². The number of carbonyl (C=O) groups excluding carboxylic acids is 1. The quantitative estimate of drug-likeness (QED) is 0.359. The van der Waals surface area contributed by atoms with Crippen LogP contribution in [0.2, 0.25) is 0 Å². The number of nitrogens with one attached hydrogen (secondary N) is 1. The molecule has 0 radical (unpaired) electrons. The number of hydrogen-bond acceptors (Lipinski definition) is 5. The van der Waals surface area contributed by atoms with E-state index >= 15 is 0 Å². The number of rotatable bonds is 5. The molecule has 2 saturated heterocycles. The second kappa shape index (κ2) is 9.75. The van der Waals surface area contributed by atoms with E-state index in [1.54, 1.807) is 0 Å². The maximum Gasteiger partial charge on any atom is 0.416 e. The lowest BCUT2D eigenvalue weighted by molar-refractivity contribution is -0.137. The monoisotopic (exact) mass is 551 g/mol. The lowest BCUT2D eigenvalue weighted by Gasteiger charge is -2.54. The van der Waals surface area contributed by atoms with Crippen molar-refractivity contribution < 1.29 is 22.4 Å². The third-order valence-electron chi connectivity index (χ3n) is 8.01. The third kappa shape index (κ3) is 4.60. The van der Waals surface area contributed by atoms with Gasteiger partial charge in [-0.05, 0) is 43.2 Å². The molecule has 12 heteroatoms. The highest BCUT2D eigenvalue weighted by atomic mass is 19.4. The maximum atomic E-state index is 13.8. The second-order valence-electron chi connectivity index (χ2n) is 10.5. The van der Waals surface area contributed by atoms with Crippen molar-refractivity contribution >= 4 is 16.9 Å². The topological polar surface area (TPSA) is 93.8 Å². The van der Waals surface area contributed by atoms with Crippen molar-refractivity contribution in [2.45, 2.75) is 37.0 Å². The molecule has 206 valence electrons. The number of aromatic amines is 1. The van der Waals surface area contributed by atoms with Gasteiger partial charge in [-0.2, -0.15) is 18.4 Å². The molecule has 1 N–H and O–H groups in total. The minimum absolute atomic E-state index is 0.172. The van der Waals surface area contributed by atoms with Crippen molar-refractivity contribution in [3.05, 3.63) is 72.2 Å². The van der Waals surface area contributed by atoms with Crippen molar-refractivity contribution in [2.24, 2.45) is 0 Å². The summed E-state index contributed by atoms with van der Waals surface area (Å²) in [7, 11) is 0.